The molecular weight excluding hydrogens is 352 g/mol. The monoisotopic (exact) mass is 381 g/mol. The first-order chi connectivity index (χ1) is 12.7. The highest BCUT2D eigenvalue weighted by molar-refractivity contribution is 5.77. The largest absolute Gasteiger partial charge is 0.353 e. The highest BCUT2D eigenvalue weighted by Crippen LogP contribution is 2.22. The number of hydrogen-bond donors (Lipinski definition) is 1. The van der Waals surface area contributed by atoms with E-state index in [0.717, 1.165) is 38.3 Å². The lowest BCUT2D eigenvalue weighted by molar-refractivity contribution is -0.133. The van der Waals surface area contributed by atoms with E-state index in [2.05, 4.69) is 10.3 Å². The van der Waals surface area contributed by atoms with E-state index in [1.54, 1.807) is 6.20 Å². The van der Waals surface area contributed by atoms with Crippen molar-refractivity contribution in [3.05, 3.63) is 30.1 Å². The summed E-state index contributed by atoms with van der Waals surface area (Å²) in [4.78, 5) is 30.1. The Bertz CT molecular complexity index is 611. The van der Waals surface area contributed by atoms with Crippen molar-refractivity contribution in [2.45, 2.75) is 64.3 Å². The Morgan fingerprint density at radius 2 is 2.04 bits per heavy atom. The summed E-state index contributed by atoms with van der Waals surface area (Å²) in [6.45, 7) is 3.89. The van der Waals surface area contributed by atoms with Gasteiger partial charge in [0.05, 0.1) is 6.42 Å². The quantitative estimate of drug-likeness (QED) is 0.752. The van der Waals surface area contributed by atoms with Crippen LogP contribution in [-0.4, -0.2) is 46.8 Å². The molecule has 0 aromatic carbocycles. The number of alkyl halides is 2. The van der Waals surface area contributed by atoms with E-state index in [9.17, 15) is 18.4 Å². The standard InChI is InChI=1S/C20H29F2N3O2/c1-15(24-18(26)14-20(2,21)22)16-9-12-25(13-10-16)19(27)8-5-7-17-6-3-4-11-23-17/h3-4,6,11,15-16H,5,7-10,12-14H2,1-2H3,(H,24,26)/t15-/m1/s1. The summed E-state index contributed by atoms with van der Waals surface area (Å²) in [6.07, 6.45) is 4.57. The molecule has 0 aliphatic carbocycles. The summed E-state index contributed by atoms with van der Waals surface area (Å²) in [5, 5.41) is 2.67. The fourth-order valence-electron chi connectivity index (χ4n) is 3.48. The lowest BCUT2D eigenvalue weighted by atomic mass is 9.90. The van der Waals surface area contributed by atoms with E-state index in [0.29, 0.717) is 19.5 Å². The zero-order valence-electron chi connectivity index (χ0n) is 16.1. The van der Waals surface area contributed by atoms with Crippen LogP contribution in [0.15, 0.2) is 24.4 Å². The fraction of sp³-hybridized carbons (Fsp3) is 0.650. The van der Waals surface area contributed by atoms with Crippen LogP contribution in [0.4, 0.5) is 8.78 Å². The maximum Gasteiger partial charge on any atom is 0.254 e. The zero-order chi connectivity index (χ0) is 19.9. The number of carbonyl (C=O) groups is 2. The molecule has 0 unspecified atom stereocenters. The fourth-order valence-corrected chi connectivity index (χ4v) is 3.48. The average Bonchev–Trinajstić information content (AvgIpc) is 2.61. The lowest BCUT2D eigenvalue weighted by Crippen LogP contribution is -2.46. The van der Waals surface area contributed by atoms with Gasteiger partial charge in [0.2, 0.25) is 11.8 Å². The SMILES string of the molecule is C[C@@H](NC(=O)CC(C)(F)F)C1CCN(C(=O)CCCc2ccccn2)CC1. The molecule has 7 heteroatoms. The molecular formula is C20H29F2N3O2. The Kier molecular flexibility index (Phi) is 7.68. The molecule has 27 heavy (non-hydrogen) atoms. The molecule has 1 aromatic rings. The molecule has 1 atom stereocenters. The number of piperidine rings is 1. The van der Waals surface area contributed by atoms with Crippen LogP contribution in [0.25, 0.3) is 0 Å². The molecule has 2 heterocycles. The van der Waals surface area contributed by atoms with Crippen molar-refractivity contribution in [1.82, 2.24) is 15.2 Å². The molecule has 1 saturated heterocycles. The van der Waals surface area contributed by atoms with Crippen molar-refractivity contribution in [2.75, 3.05) is 13.1 Å². The van der Waals surface area contributed by atoms with Crippen LogP contribution in [0.2, 0.25) is 0 Å². The van der Waals surface area contributed by atoms with E-state index >= 15 is 0 Å². The summed E-state index contributed by atoms with van der Waals surface area (Å²) in [5.74, 6) is -3.26. The van der Waals surface area contributed by atoms with Gasteiger partial charge in [-0.15, -0.1) is 0 Å². The summed E-state index contributed by atoms with van der Waals surface area (Å²) < 4.78 is 25.8. The number of aryl methyl sites for hydroxylation is 1. The second-order valence-corrected chi connectivity index (χ2v) is 7.50. The van der Waals surface area contributed by atoms with Crippen molar-refractivity contribution in [1.29, 1.82) is 0 Å². The molecule has 5 nitrogen and oxygen atoms in total. The van der Waals surface area contributed by atoms with Gasteiger partial charge in [0.25, 0.3) is 5.92 Å². The number of hydrogen-bond acceptors (Lipinski definition) is 3. The van der Waals surface area contributed by atoms with Gasteiger partial charge in [0.1, 0.15) is 0 Å². The van der Waals surface area contributed by atoms with E-state index < -0.39 is 18.3 Å². The molecule has 2 amide bonds. The average molecular weight is 381 g/mol. The molecule has 1 aliphatic rings. The maximum absolute atomic E-state index is 12.9. The number of likely N-dealkylation sites (tertiary alicyclic amines) is 1. The first-order valence-corrected chi connectivity index (χ1v) is 9.59. The van der Waals surface area contributed by atoms with Gasteiger partial charge in [-0.05, 0) is 57.6 Å². The second-order valence-electron chi connectivity index (χ2n) is 7.50. The molecule has 1 aliphatic heterocycles. The third-order valence-electron chi connectivity index (χ3n) is 5.01. The topological polar surface area (TPSA) is 62.3 Å². The highest BCUT2D eigenvalue weighted by atomic mass is 19.3. The van der Waals surface area contributed by atoms with Crippen LogP contribution in [0.3, 0.4) is 0 Å². The predicted octanol–water partition coefficient (Wildman–Crippen LogP) is 3.19. The van der Waals surface area contributed by atoms with E-state index in [-0.39, 0.29) is 17.9 Å². The zero-order valence-corrected chi connectivity index (χ0v) is 16.1. The maximum atomic E-state index is 12.9. The normalized spacial score (nSPS) is 16.8. The number of nitrogens with one attached hydrogen (secondary N) is 1. The predicted molar refractivity (Wildman–Crippen MR) is 99.3 cm³/mol. The van der Waals surface area contributed by atoms with Crippen molar-refractivity contribution in [3.8, 4) is 0 Å². The lowest BCUT2D eigenvalue weighted by Gasteiger charge is -2.35. The summed E-state index contributed by atoms with van der Waals surface area (Å²) in [7, 11) is 0. The number of rotatable bonds is 8. The van der Waals surface area contributed by atoms with Crippen LogP contribution in [0.5, 0.6) is 0 Å². The number of pyridine rings is 1. The van der Waals surface area contributed by atoms with Crippen molar-refractivity contribution in [3.63, 3.8) is 0 Å². The Labute approximate surface area is 159 Å². The minimum atomic E-state index is -2.99. The van der Waals surface area contributed by atoms with Crippen LogP contribution >= 0.6 is 0 Å². The van der Waals surface area contributed by atoms with E-state index in [1.807, 2.05) is 30.0 Å². The minimum absolute atomic E-state index is 0.145. The number of amides is 2. The molecule has 0 saturated carbocycles. The van der Waals surface area contributed by atoms with Gasteiger partial charge in [-0.1, -0.05) is 6.07 Å². The Hall–Kier alpha value is -2.05. The van der Waals surface area contributed by atoms with Gasteiger partial charge >= 0.3 is 0 Å². The van der Waals surface area contributed by atoms with Gasteiger partial charge in [0.15, 0.2) is 0 Å². The number of carbonyl (C=O) groups excluding carboxylic acids is 2. The first-order valence-electron chi connectivity index (χ1n) is 9.59. The third kappa shape index (κ3) is 7.61. The van der Waals surface area contributed by atoms with Gasteiger partial charge < -0.3 is 10.2 Å². The minimum Gasteiger partial charge on any atom is -0.353 e. The van der Waals surface area contributed by atoms with Crippen molar-refractivity contribution >= 4 is 11.8 Å². The highest BCUT2D eigenvalue weighted by Gasteiger charge is 2.30. The van der Waals surface area contributed by atoms with Crippen LogP contribution < -0.4 is 5.32 Å². The molecule has 1 aromatic heterocycles. The summed E-state index contributed by atoms with van der Waals surface area (Å²) in [5.41, 5.74) is 0.992. The van der Waals surface area contributed by atoms with Crippen molar-refractivity contribution in [2.24, 2.45) is 5.92 Å². The first kappa shape index (κ1) is 21.3. The molecule has 1 N–H and O–H groups in total. The number of halogens is 2. The second kappa shape index (κ2) is 9.76. The Morgan fingerprint density at radius 3 is 2.63 bits per heavy atom. The molecule has 0 radical (unpaired) electrons. The third-order valence-corrected chi connectivity index (χ3v) is 5.01. The van der Waals surface area contributed by atoms with Crippen LogP contribution in [0.1, 0.15) is 51.6 Å². The van der Waals surface area contributed by atoms with E-state index in [4.69, 9.17) is 0 Å². The number of aromatic nitrogens is 1. The molecule has 0 bridgehead atoms. The molecule has 0 spiro atoms. The van der Waals surface area contributed by atoms with Crippen LogP contribution in [0, 0.1) is 5.92 Å². The van der Waals surface area contributed by atoms with Gasteiger partial charge in [-0.3, -0.25) is 14.6 Å². The summed E-state index contributed by atoms with van der Waals surface area (Å²) >= 11 is 0. The van der Waals surface area contributed by atoms with Gasteiger partial charge in [0, 0.05) is 37.4 Å². The Balaban J connectivity index is 1.68. The van der Waals surface area contributed by atoms with Gasteiger partial charge in [-0.25, -0.2) is 8.78 Å². The molecule has 2 rings (SSSR count). The van der Waals surface area contributed by atoms with E-state index in [1.165, 1.54) is 0 Å². The Morgan fingerprint density at radius 1 is 1.33 bits per heavy atom. The smallest absolute Gasteiger partial charge is 0.254 e. The molecule has 150 valence electrons. The summed E-state index contributed by atoms with van der Waals surface area (Å²) in [6, 6.07) is 5.60. The number of nitrogens with zero attached hydrogens (tertiary/aromatic N) is 2. The van der Waals surface area contributed by atoms with Crippen molar-refractivity contribution < 1.29 is 18.4 Å². The van der Waals surface area contributed by atoms with Crippen LogP contribution in [-0.2, 0) is 16.0 Å². The molecule has 1 fully saturated rings. The van der Waals surface area contributed by atoms with Gasteiger partial charge in [-0.2, -0.15) is 0 Å².